The smallest absolute Gasteiger partial charge is 0.147 e. The molecule has 0 radical (unpaired) electrons. The fourth-order valence-electron chi connectivity index (χ4n) is 1.21. The van der Waals surface area contributed by atoms with Crippen LogP contribution in [0.15, 0.2) is 18.2 Å². The molecule has 0 saturated heterocycles. The van der Waals surface area contributed by atoms with E-state index in [1.807, 2.05) is 6.07 Å². The molecule has 4 heteroatoms. The third kappa shape index (κ3) is 4.23. The van der Waals surface area contributed by atoms with Gasteiger partial charge in [0.25, 0.3) is 0 Å². The third-order valence-corrected chi connectivity index (χ3v) is 2.24. The summed E-state index contributed by atoms with van der Waals surface area (Å²) in [6.45, 7) is 6.46. The SMILES string of the molecule is Cc1ccc([O][Ti])c(C(C)C)c1.Cl.Cl. The Labute approximate surface area is 110 Å². The molecule has 0 unspecified atom stereocenters. The van der Waals surface area contributed by atoms with Gasteiger partial charge in [0.05, 0.1) is 0 Å². The van der Waals surface area contributed by atoms with Gasteiger partial charge in [-0.15, -0.1) is 24.8 Å². The van der Waals surface area contributed by atoms with Crippen molar-refractivity contribution in [2.45, 2.75) is 26.7 Å². The fraction of sp³-hybridized carbons (Fsp3) is 0.400. The molecule has 1 aromatic rings. The molecule has 1 rings (SSSR count). The Balaban J connectivity index is 0. The quantitative estimate of drug-likeness (QED) is 0.742. The van der Waals surface area contributed by atoms with Crippen LogP contribution < -0.4 is 3.32 Å². The molecular formula is C10H15Cl2OTi. The Morgan fingerprint density at radius 3 is 2.21 bits per heavy atom. The molecule has 0 spiro atoms. The monoisotopic (exact) mass is 269 g/mol. The molecule has 0 saturated carbocycles. The van der Waals surface area contributed by atoms with Crippen molar-refractivity contribution in [1.29, 1.82) is 0 Å². The van der Waals surface area contributed by atoms with Gasteiger partial charge in [-0.1, -0.05) is 0 Å². The summed E-state index contributed by atoms with van der Waals surface area (Å²) in [4.78, 5) is 0. The predicted molar refractivity (Wildman–Crippen MR) is 60.4 cm³/mol. The standard InChI is InChI=1S/C10H14O.2ClH.Ti/c1-7(2)9-6-8(3)4-5-10(9)11;;;/h4-7,11H,1-3H3;2*1H;/q;;;+1/p-1. The third-order valence-electron chi connectivity index (χ3n) is 1.90. The minimum Gasteiger partial charge on any atom is -0.147 e. The number of hydrogen-bond acceptors (Lipinski definition) is 1. The van der Waals surface area contributed by atoms with Crippen LogP contribution in [0.4, 0.5) is 0 Å². The number of hydrogen-bond donors (Lipinski definition) is 0. The van der Waals surface area contributed by atoms with Gasteiger partial charge in [-0.3, -0.25) is 0 Å². The molecule has 0 aromatic heterocycles. The number of rotatable bonds is 2. The Hall–Kier alpha value is 0.314. The van der Waals surface area contributed by atoms with E-state index in [-0.39, 0.29) is 24.8 Å². The maximum absolute atomic E-state index is 5.26. The zero-order valence-electron chi connectivity index (χ0n) is 8.53. The van der Waals surface area contributed by atoms with Crippen LogP contribution in [0, 0.1) is 6.92 Å². The van der Waals surface area contributed by atoms with Gasteiger partial charge >= 0.3 is 85.9 Å². The van der Waals surface area contributed by atoms with Crippen molar-refractivity contribution >= 4 is 24.8 Å². The average Bonchev–Trinajstić information content (AvgIpc) is 2.04. The topological polar surface area (TPSA) is 9.23 Å². The van der Waals surface area contributed by atoms with Gasteiger partial charge in [0.1, 0.15) is 0 Å². The zero-order valence-corrected chi connectivity index (χ0v) is 11.7. The Bertz CT molecular complexity index is 277. The maximum Gasteiger partial charge on any atom is -0.147 e. The second kappa shape index (κ2) is 7.59. The van der Waals surface area contributed by atoms with E-state index >= 15 is 0 Å². The van der Waals surface area contributed by atoms with Gasteiger partial charge in [-0.25, -0.2) is 0 Å². The number of benzene rings is 1. The molecule has 0 bridgehead atoms. The first-order chi connectivity index (χ1) is 5.65. The van der Waals surface area contributed by atoms with E-state index in [4.69, 9.17) is 3.32 Å². The molecule has 1 aromatic carbocycles. The normalized spacial score (nSPS) is 8.79. The van der Waals surface area contributed by atoms with Crippen LogP contribution in [0.5, 0.6) is 5.75 Å². The first-order valence-corrected chi connectivity index (χ1v) is 4.73. The van der Waals surface area contributed by atoms with Gasteiger partial charge in [-0.05, 0) is 0 Å². The average molecular weight is 270 g/mol. The Kier molecular flexibility index (Phi) is 9.07. The van der Waals surface area contributed by atoms with Crippen molar-refractivity contribution in [2.75, 3.05) is 0 Å². The van der Waals surface area contributed by atoms with Crippen molar-refractivity contribution in [3.05, 3.63) is 29.3 Å². The predicted octanol–water partition coefficient (Wildman–Crippen LogP) is 3.80. The van der Waals surface area contributed by atoms with E-state index in [1.54, 1.807) is 20.8 Å². The van der Waals surface area contributed by atoms with Crippen LogP contribution in [0.3, 0.4) is 0 Å². The molecule has 0 aliphatic heterocycles. The summed E-state index contributed by atoms with van der Waals surface area (Å²) in [6.07, 6.45) is 0. The molecule has 0 aliphatic rings. The van der Waals surface area contributed by atoms with Crippen LogP contribution in [-0.2, 0) is 20.8 Å². The first kappa shape index (κ1) is 16.7. The summed E-state index contributed by atoms with van der Waals surface area (Å²) in [5.74, 6) is 1.52. The molecule has 79 valence electrons. The molecular weight excluding hydrogens is 255 g/mol. The summed E-state index contributed by atoms with van der Waals surface area (Å²) in [7, 11) is 0. The summed E-state index contributed by atoms with van der Waals surface area (Å²) >= 11 is 1.72. The van der Waals surface area contributed by atoms with E-state index in [0.29, 0.717) is 5.92 Å². The fourth-order valence-corrected chi connectivity index (χ4v) is 1.50. The molecule has 0 heterocycles. The van der Waals surface area contributed by atoms with E-state index in [9.17, 15) is 0 Å². The molecule has 0 atom stereocenters. The molecule has 14 heavy (non-hydrogen) atoms. The number of aryl methyl sites for hydroxylation is 1. The second-order valence-electron chi connectivity index (χ2n) is 3.30. The van der Waals surface area contributed by atoms with Gasteiger partial charge < -0.3 is 0 Å². The Morgan fingerprint density at radius 1 is 1.21 bits per heavy atom. The van der Waals surface area contributed by atoms with Gasteiger partial charge in [-0.2, -0.15) is 0 Å². The molecule has 1 nitrogen and oxygen atoms in total. The van der Waals surface area contributed by atoms with Crippen LogP contribution in [0.25, 0.3) is 0 Å². The summed E-state index contributed by atoms with van der Waals surface area (Å²) in [5, 5.41) is 0. The molecule has 0 fully saturated rings. The van der Waals surface area contributed by atoms with Crippen molar-refractivity contribution in [2.24, 2.45) is 0 Å². The minimum absolute atomic E-state index is 0. The van der Waals surface area contributed by atoms with Crippen LogP contribution in [0.1, 0.15) is 30.9 Å². The largest absolute Gasteiger partial charge is 0.147 e. The van der Waals surface area contributed by atoms with E-state index in [2.05, 4.69) is 32.9 Å². The van der Waals surface area contributed by atoms with Crippen molar-refractivity contribution < 1.29 is 24.1 Å². The molecule has 0 N–H and O–H groups in total. The van der Waals surface area contributed by atoms with Gasteiger partial charge in [0.2, 0.25) is 0 Å². The van der Waals surface area contributed by atoms with Crippen LogP contribution >= 0.6 is 24.8 Å². The summed E-state index contributed by atoms with van der Waals surface area (Å²) < 4.78 is 5.26. The molecule has 0 aliphatic carbocycles. The van der Waals surface area contributed by atoms with Crippen molar-refractivity contribution in [3.63, 3.8) is 0 Å². The molecule has 0 amide bonds. The van der Waals surface area contributed by atoms with E-state index < -0.39 is 0 Å². The van der Waals surface area contributed by atoms with E-state index in [0.717, 1.165) is 5.75 Å². The van der Waals surface area contributed by atoms with Crippen LogP contribution in [0.2, 0.25) is 0 Å². The van der Waals surface area contributed by atoms with Gasteiger partial charge in [0.15, 0.2) is 0 Å². The first-order valence-electron chi connectivity index (χ1n) is 4.09. The van der Waals surface area contributed by atoms with Crippen molar-refractivity contribution in [1.82, 2.24) is 0 Å². The zero-order chi connectivity index (χ0) is 9.14. The second-order valence-corrected chi connectivity index (χ2v) is 3.62. The summed E-state index contributed by atoms with van der Waals surface area (Å²) in [6, 6.07) is 6.29. The van der Waals surface area contributed by atoms with E-state index in [1.165, 1.54) is 11.1 Å². The van der Waals surface area contributed by atoms with Crippen LogP contribution in [-0.4, -0.2) is 0 Å². The number of halogens is 2. The van der Waals surface area contributed by atoms with Gasteiger partial charge in [0, 0.05) is 0 Å². The minimum atomic E-state index is 0. The summed E-state index contributed by atoms with van der Waals surface area (Å²) in [5.41, 5.74) is 2.58. The Morgan fingerprint density at radius 2 is 1.79 bits per heavy atom. The van der Waals surface area contributed by atoms with Crippen molar-refractivity contribution in [3.8, 4) is 5.75 Å². The maximum atomic E-state index is 5.26.